The number of rotatable bonds is 1. The molecule has 2 heterocycles. The second-order valence-electron chi connectivity index (χ2n) is 3.96. The predicted octanol–water partition coefficient (Wildman–Crippen LogP) is 2.51. The summed E-state index contributed by atoms with van der Waals surface area (Å²) in [6, 6.07) is 3.12. The quantitative estimate of drug-likeness (QED) is 0.836. The minimum absolute atomic E-state index is 0.00519. The molecule has 1 atom stereocenters. The molecule has 1 unspecified atom stereocenters. The Bertz CT molecular complexity index is 557. The molecule has 0 radical (unpaired) electrons. The Morgan fingerprint density at radius 2 is 1.94 bits per heavy atom. The number of nitrogens with zero attached hydrogens (tertiary/aromatic N) is 2. The van der Waals surface area contributed by atoms with Crippen molar-refractivity contribution in [2.45, 2.75) is 26.1 Å². The van der Waals surface area contributed by atoms with E-state index in [4.69, 9.17) is 5.73 Å². The van der Waals surface area contributed by atoms with E-state index in [9.17, 15) is 13.2 Å². The van der Waals surface area contributed by atoms with Crippen molar-refractivity contribution in [2.24, 2.45) is 5.73 Å². The van der Waals surface area contributed by atoms with Crippen molar-refractivity contribution in [3.05, 3.63) is 35.3 Å². The number of imidazole rings is 1. The van der Waals surface area contributed by atoms with Crippen molar-refractivity contribution in [3.8, 4) is 0 Å². The second-order valence-corrected chi connectivity index (χ2v) is 3.96. The van der Waals surface area contributed by atoms with Crippen LogP contribution in [0.4, 0.5) is 13.2 Å². The molecule has 0 aromatic carbocycles. The van der Waals surface area contributed by atoms with Crippen molar-refractivity contribution in [2.75, 3.05) is 0 Å². The van der Waals surface area contributed by atoms with Gasteiger partial charge in [0.2, 0.25) is 0 Å². The molecule has 0 spiro atoms. The molecular weight excluding hydrogens is 231 g/mol. The summed E-state index contributed by atoms with van der Waals surface area (Å²) in [5.74, 6) is 0. The van der Waals surface area contributed by atoms with Crippen molar-refractivity contribution in [1.82, 2.24) is 9.38 Å². The largest absolute Gasteiger partial charge is 0.409 e. The molecule has 0 saturated heterocycles. The summed E-state index contributed by atoms with van der Waals surface area (Å²) in [5, 5.41) is 0. The smallest absolute Gasteiger partial charge is 0.315 e. The molecule has 0 saturated carbocycles. The van der Waals surface area contributed by atoms with Gasteiger partial charge in [0.05, 0.1) is 11.4 Å². The maximum atomic E-state index is 12.7. The van der Waals surface area contributed by atoms with Gasteiger partial charge in [-0.2, -0.15) is 13.2 Å². The number of hydrogen-bond donors (Lipinski definition) is 1. The summed E-state index contributed by atoms with van der Waals surface area (Å²) in [4.78, 5) is 4.09. The molecule has 0 amide bonds. The molecule has 0 aliphatic carbocycles. The fourth-order valence-electron chi connectivity index (χ4n) is 1.91. The van der Waals surface area contributed by atoms with Gasteiger partial charge in [-0.1, -0.05) is 6.07 Å². The third-order valence-electron chi connectivity index (χ3n) is 2.71. The van der Waals surface area contributed by atoms with Gasteiger partial charge in [0, 0.05) is 5.69 Å². The number of hydrogen-bond acceptors (Lipinski definition) is 2. The summed E-state index contributed by atoms with van der Waals surface area (Å²) in [5.41, 5.74) is 6.74. The summed E-state index contributed by atoms with van der Waals surface area (Å²) in [6.45, 7) is 3.26. The van der Waals surface area contributed by atoms with Crippen LogP contribution in [0.2, 0.25) is 0 Å². The molecule has 2 rings (SSSR count). The number of aromatic nitrogens is 2. The molecule has 0 bridgehead atoms. The van der Waals surface area contributed by atoms with Gasteiger partial charge in [0.1, 0.15) is 11.7 Å². The minimum Gasteiger partial charge on any atom is -0.315 e. The van der Waals surface area contributed by atoms with Crippen LogP contribution in [0.1, 0.15) is 23.1 Å². The van der Waals surface area contributed by atoms with Crippen LogP contribution in [0.25, 0.3) is 5.65 Å². The van der Waals surface area contributed by atoms with Crippen LogP contribution < -0.4 is 5.73 Å². The summed E-state index contributed by atoms with van der Waals surface area (Å²) in [7, 11) is 0. The Balaban J connectivity index is 2.73. The van der Waals surface area contributed by atoms with E-state index in [1.165, 1.54) is 11.3 Å². The van der Waals surface area contributed by atoms with Gasteiger partial charge in [-0.25, -0.2) is 4.98 Å². The van der Waals surface area contributed by atoms with Crippen LogP contribution in [-0.4, -0.2) is 15.6 Å². The first-order chi connectivity index (χ1) is 7.82. The Labute approximate surface area is 96.1 Å². The van der Waals surface area contributed by atoms with Crippen LogP contribution in [0.15, 0.2) is 18.2 Å². The molecule has 17 heavy (non-hydrogen) atoms. The maximum Gasteiger partial charge on any atom is 0.409 e. The van der Waals surface area contributed by atoms with Crippen LogP contribution in [0, 0.1) is 13.8 Å². The molecule has 6 heteroatoms. The summed E-state index contributed by atoms with van der Waals surface area (Å²) >= 11 is 0. The lowest BCUT2D eigenvalue weighted by molar-refractivity contribution is -0.150. The first kappa shape index (κ1) is 11.9. The Kier molecular flexibility index (Phi) is 2.61. The van der Waals surface area contributed by atoms with Crippen LogP contribution in [0.5, 0.6) is 0 Å². The molecule has 2 aromatic rings. The first-order valence-electron chi connectivity index (χ1n) is 5.09. The normalized spacial score (nSPS) is 14.2. The van der Waals surface area contributed by atoms with Gasteiger partial charge in [0.25, 0.3) is 0 Å². The van der Waals surface area contributed by atoms with E-state index in [0.717, 1.165) is 0 Å². The topological polar surface area (TPSA) is 43.3 Å². The number of alkyl halides is 3. The van der Waals surface area contributed by atoms with Crippen molar-refractivity contribution >= 4 is 5.65 Å². The number of halogens is 3. The van der Waals surface area contributed by atoms with Crippen LogP contribution >= 0.6 is 0 Å². The van der Waals surface area contributed by atoms with Crippen molar-refractivity contribution in [1.29, 1.82) is 0 Å². The third kappa shape index (κ3) is 1.88. The van der Waals surface area contributed by atoms with Gasteiger partial charge >= 0.3 is 6.18 Å². The van der Waals surface area contributed by atoms with Gasteiger partial charge < -0.3 is 5.73 Å². The SMILES string of the molecule is Cc1nc2cccc(C)n2c1C(N)C(F)(F)F. The number of fused-ring (bicyclic) bond motifs is 1. The Hall–Kier alpha value is -1.56. The van der Waals surface area contributed by atoms with E-state index in [0.29, 0.717) is 17.0 Å². The fraction of sp³-hybridized carbons (Fsp3) is 0.364. The highest BCUT2D eigenvalue weighted by molar-refractivity contribution is 5.45. The molecule has 3 nitrogen and oxygen atoms in total. The number of aryl methyl sites for hydroxylation is 2. The summed E-state index contributed by atoms with van der Waals surface area (Å²) in [6.07, 6.45) is -4.47. The van der Waals surface area contributed by atoms with E-state index < -0.39 is 12.2 Å². The van der Waals surface area contributed by atoms with Gasteiger partial charge in [-0.05, 0) is 26.0 Å². The molecule has 0 fully saturated rings. The zero-order valence-electron chi connectivity index (χ0n) is 9.42. The Morgan fingerprint density at radius 3 is 2.53 bits per heavy atom. The number of nitrogens with two attached hydrogens (primary N) is 1. The van der Waals surface area contributed by atoms with Crippen LogP contribution in [0.3, 0.4) is 0 Å². The highest BCUT2D eigenvalue weighted by atomic mass is 19.4. The van der Waals surface area contributed by atoms with Gasteiger partial charge in [0.15, 0.2) is 0 Å². The van der Waals surface area contributed by atoms with E-state index >= 15 is 0 Å². The average molecular weight is 243 g/mol. The standard InChI is InChI=1S/C11H12F3N3/c1-6-4-3-5-8-16-7(2)9(17(6)8)10(15)11(12,13)14/h3-5,10H,15H2,1-2H3. The molecule has 0 aliphatic heterocycles. The lowest BCUT2D eigenvalue weighted by atomic mass is 10.1. The Morgan fingerprint density at radius 1 is 1.29 bits per heavy atom. The lowest BCUT2D eigenvalue weighted by Gasteiger charge is -2.17. The van der Waals surface area contributed by atoms with Crippen molar-refractivity contribution < 1.29 is 13.2 Å². The zero-order chi connectivity index (χ0) is 12.8. The fourth-order valence-corrected chi connectivity index (χ4v) is 1.91. The van der Waals surface area contributed by atoms with Gasteiger partial charge in [-0.3, -0.25) is 4.40 Å². The number of pyridine rings is 1. The van der Waals surface area contributed by atoms with E-state index in [1.54, 1.807) is 25.1 Å². The van der Waals surface area contributed by atoms with Crippen LogP contribution in [-0.2, 0) is 0 Å². The van der Waals surface area contributed by atoms with E-state index in [2.05, 4.69) is 4.98 Å². The molecular formula is C11H12F3N3. The van der Waals surface area contributed by atoms with Gasteiger partial charge in [-0.15, -0.1) is 0 Å². The maximum absolute atomic E-state index is 12.7. The molecule has 2 aromatic heterocycles. The van der Waals surface area contributed by atoms with E-state index in [1.807, 2.05) is 0 Å². The average Bonchev–Trinajstić information content (AvgIpc) is 2.53. The third-order valence-corrected chi connectivity index (χ3v) is 2.71. The highest BCUT2D eigenvalue weighted by Gasteiger charge is 2.40. The predicted molar refractivity (Wildman–Crippen MR) is 57.6 cm³/mol. The minimum atomic E-state index is -4.47. The first-order valence-corrected chi connectivity index (χ1v) is 5.09. The highest BCUT2D eigenvalue weighted by Crippen LogP contribution is 2.32. The molecule has 2 N–H and O–H groups in total. The molecule has 0 aliphatic rings. The zero-order valence-corrected chi connectivity index (χ0v) is 9.42. The lowest BCUT2D eigenvalue weighted by Crippen LogP contribution is -2.30. The van der Waals surface area contributed by atoms with E-state index in [-0.39, 0.29) is 5.69 Å². The summed E-state index contributed by atoms with van der Waals surface area (Å²) < 4.78 is 39.5. The van der Waals surface area contributed by atoms with Crippen molar-refractivity contribution in [3.63, 3.8) is 0 Å². The second kappa shape index (κ2) is 3.73. The monoisotopic (exact) mass is 243 g/mol. The molecule has 92 valence electrons.